The van der Waals surface area contributed by atoms with E-state index < -0.39 is 0 Å². The first kappa shape index (κ1) is 9.72. The lowest BCUT2D eigenvalue weighted by atomic mass is 10.3. The third-order valence-corrected chi connectivity index (χ3v) is 2.61. The lowest BCUT2D eigenvalue weighted by Crippen LogP contribution is -2.04. The maximum atomic E-state index is 10.9. The number of nitrogens with one attached hydrogen (secondary N) is 2. The van der Waals surface area contributed by atoms with Crippen molar-refractivity contribution in [2.75, 3.05) is 11.1 Å². The number of thiazole rings is 1. The average molecular weight is 222 g/mol. The fourth-order valence-corrected chi connectivity index (χ4v) is 1.74. The van der Waals surface area contributed by atoms with Crippen LogP contribution >= 0.6 is 11.3 Å². The normalized spacial score (nSPS) is 10.1. The zero-order chi connectivity index (χ0) is 10.7. The smallest absolute Gasteiger partial charge is 0.304 e. The summed E-state index contributed by atoms with van der Waals surface area (Å²) in [7, 11) is 0. The minimum atomic E-state index is -0.0468. The molecule has 0 spiro atoms. The Labute approximate surface area is 90.0 Å². The summed E-state index contributed by atoms with van der Waals surface area (Å²) in [6, 6.07) is 1.79. The van der Waals surface area contributed by atoms with Gasteiger partial charge in [-0.15, -0.1) is 0 Å². The molecule has 5 nitrogen and oxygen atoms in total. The molecule has 6 heteroatoms. The highest BCUT2D eigenvalue weighted by atomic mass is 32.1. The maximum absolute atomic E-state index is 10.9. The Balaban J connectivity index is 2.05. The average Bonchev–Trinajstić information content (AvgIpc) is 2.63. The summed E-state index contributed by atoms with van der Waals surface area (Å²) in [5, 5.41) is 4.90. The Morgan fingerprint density at radius 1 is 1.60 bits per heavy atom. The quantitative estimate of drug-likeness (QED) is 0.724. The second-order valence-electron chi connectivity index (χ2n) is 2.99. The molecule has 2 rings (SSSR count). The predicted octanol–water partition coefficient (Wildman–Crippen LogP) is 1.03. The molecule has 0 aliphatic carbocycles. The van der Waals surface area contributed by atoms with E-state index in [2.05, 4.69) is 15.3 Å². The van der Waals surface area contributed by atoms with Crippen molar-refractivity contribution in [1.29, 1.82) is 0 Å². The van der Waals surface area contributed by atoms with Crippen LogP contribution in [0.2, 0.25) is 0 Å². The molecule has 0 aliphatic rings. The van der Waals surface area contributed by atoms with Crippen molar-refractivity contribution in [2.45, 2.75) is 6.54 Å². The SMILES string of the molecule is Nc1cnccc1NCc1csc(=O)[nH]1. The summed E-state index contributed by atoms with van der Waals surface area (Å²) in [6.45, 7) is 0.549. The summed E-state index contributed by atoms with van der Waals surface area (Å²) in [5.41, 5.74) is 7.95. The Bertz CT molecular complexity index is 505. The van der Waals surface area contributed by atoms with E-state index >= 15 is 0 Å². The van der Waals surface area contributed by atoms with E-state index in [1.54, 1.807) is 23.8 Å². The largest absolute Gasteiger partial charge is 0.396 e. The minimum Gasteiger partial charge on any atom is -0.396 e. The number of nitrogens with two attached hydrogens (primary N) is 1. The number of hydrogen-bond acceptors (Lipinski definition) is 5. The number of hydrogen-bond donors (Lipinski definition) is 3. The molecule has 0 saturated heterocycles. The van der Waals surface area contributed by atoms with Gasteiger partial charge in [-0.25, -0.2) is 0 Å². The molecule has 0 aliphatic heterocycles. The molecule has 0 saturated carbocycles. The second-order valence-corrected chi connectivity index (χ2v) is 3.83. The molecular weight excluding hydrogens is 212 g/mol. The van der Waals surface area contributed by atoms with Crippen LogP contribution in [0.5, 0.6) is 0 Å². The van der Waals surface area contributed by atoms with E-state index in [9.17, 15) is 4.79 Å². The predicted molar refractivity (Wildman–Crippen MR) is 60.9 cm³/mol. The number of rotatable bonds is 3. The highest BCUT2D eigenvalue weighted by Gasteiger charge is 1.99. The second kappa shape index (κ2) is 4.14. The lowest BCUT2D eigenvalue weighted by Gasteiger charge is -2.06. The molecule has 0 aromatic carbocycles. The summed E-state index contributed by atoms with van der Waals surface area (Å²) in [5.74, 6) is 0. The Morgan fingerprint density at radius 3 is 3.13 bits per heavy atom. The fourth-order valence-electron chi connectivity index (χ4n) is 1.16. The van der Waals surface area contributed by atoms with Gasteiger partial charge in [0.2, 0.25) is 0 Å². The van der Waals surface area contributed by atoms with Crippen molar-refractivity contribution in [2.24, 2.45) is 0 Å². The van der Waals surface area contributed by atoms with Gasteiger partial charge in [0.1, 0.15) is 0 Å². The highest BCUT2D eigenvalue weighted by Crippen LogP contribution is 2.15. The van der Waals surface area contributed by atoms with Crippen molar-refractivity contribution < 1.29 is 0 Å². The van der Waals surface area contributed by atoms with Gasteiger partial charge in [-0.1, -0.05) is 11.3 Å². The zero-order valence-electron chi connectivity index (χ0n) is 7.86. The van der Waals surface area contributed by atoms with Crippen LogP contribution in [0, 0.1) is 0 Å². The number of nitrogens with zero attached hydrogens (tertiary/aromatic N) is 1. The molecule has 0 amide bonds. The third kappa shape index (κ3) is 2.35. The molecule has 0 atom stereocenters. The molecule has 2 aromatic heterocycles. The van der Waals surface area contributed by atoms with Gasteiger partial charge in [-0.3, -0.25) is 9.78 Å². The Kier molecular flexibility index (Phi) is 2.68. The van der Waals surface area contributed by atoms with E-state index in [0.29, 0.717) is 12.2 Å². The van der Waals surface area contributed by atoms with Crippen molar-refractivity contribution in [3.63, 3.8) is 0 Å². The van der Waals surface area contributed by atoms with Gasteiger partial charge in [0.15, 0.2) is 0 Å². The molecule has 2 heterocycles. The topological polar surface area (TPSA) is 83.8 Å². The summed E-state index contributed by atoms with van der Waals surface area (Å²) < 4.78 is 0. The fraction of sp³-hybridized carbons (Fsp3) is 0.111. The standard InChI is InChI=1S/C9H10N4OS/c10-7-4-11-2-1-8(7)12-3-6-5-15-9(14)13-6/h1-2,4-5H,3,10H2,(H,11,12)(H,13,14). The van der Waals surface area contributed by atoms with E-state index in [0.717, 1.165) is 22.7 Å². The Morgan fingerprint density at radius 2 is 2.47 bits per heavy atom. The van der Waals surface area contributed by atoms with Crippen LogP contribution in [0.25, 0.3) is 0 Å². The van der Waals surface area contributed by atoms with Gasteiger partial charge in [0.25, 0.3) is 0 Å². The van der Waals surface area contributed by atoms with Gasteiger partial charge in [-0.2, -0.15) is 0 Å². The molecule has 0 unspecified atom stereocenters. The molecule has 0 fully saturated rings. The number of H-pyrrole nitrogens is 1. The van der Waals surface area contributed by atoms with Gasteiger partial charge in [-0.05, 0) is 6.07 Å². The van der Waals surface area contributed by atoms with Crippen LogP contribution in [0.4, 0.5) is 11.4 Å². The molecule has 2 aromatic rings. The number of aromatic nitrogens is 2. The summed E-state index contributed by atoms with van der Waals surface area (Å²) in [6.07, 6.45) is 3.24. The summed E-state index contributed by atoms with van der Waals surface area (Å²) in [4.78, 5) is 17.4. The number of aromatic amines is 1. The van der Waals surface area contributed by atoms with Crippen LogP contribution in [0.1, 0.15) is 5.69 Å². The minimum absolute atomic E-state index is 0.0468. The first-order valence-electron chi connectivity index (χ1n) is 4.36. The zero-order valence-corrected chi connectivity index (χ0v) is 8.67. The third-order valence-electron chi connectivity index (χ3n) is 1.89. The Hall–Kier alpha value is -1.82. The van der Waals surface area contributed by atoms with Crippen molar-refractivity contribution >= 4 is 22.7 Å². The monoisotopic (exact) mass is 222 g/mol. The van der Waals surface area contributed by atoms with Crippen LogP contribution < -0.4 is 15.9 Å². The highest BCUT2D eigenvalue weighted by molar-refractivity contribution is 7.07. The molecule has 0 radical (unpaired) electrons. The lowest BCUT2D eigenvalue weighted by molar-refractivity contribution is 1.06. The van der Waals surface area contributed by atoms with Crippen LogP contribution in [0.3, 0.4) is 0 Å². The number of anilines is 2. The summed E-state index contributed by atoms with van der Waals surface area (Å²) >= 11 is 1.15. The molecule has 0 bridgehead atoms. The van der Waals surface area contributed by atoms with Gasteiger partial charge in [0, 0.05) is 17.3 Å². The van der Waals surface area contributed by atoms with E-state index in [4.69, 9.17) is 5.73 Å². The maximum Gasteiger partial charge on any atom is 0.304 e. The van der Waals surface area contributed by atoms with Gasteiger partial charge < -0.3 is 16.0 Å². The van der Waals surface area contributed by atoms with Crippen LogP contribution in [0.15, 0.2) is 28.6 Å². The van der Waals surface area contributed by atoms with Gasteiger partial charge >= 0.3 is 4.87 Å². The van der Waals surface area contributed by atoms with Crippen molar-refractivity contribution in [3.8, 4) is 0 Å². The first-order chi connectivity index (χ1) is 7.25. The van der Waals surface area contributed by atoms with E-state index in [-0.39, 0.29) is 4.87 Å². The molecule has 78 valence electrons. The molecule has 15 heavy (non-hydrogen) atoms. The van der Waals surface area contributed by atoms with E-state index in [1.165, 1.54) is 0 Å². The van der Waals surface area contributed by atoms with Crippen LogP contribution in [-0.2, 0) is 6.54 Å². The van der Waals surface area contributed by atoms with E-state index in [1.807, 2.05) is 0 Å². The van der Waals surface area contributed by atoms with Gasteiger partial charge in [0.05, 0.1) is 24.1 Å². The van der Waals surface area contributed by atoms with Crippen molar-refractivity contribution in [1.82, 2.24) is 9.97 Å². The van der Waals surface area contributed by atoms with Crippen LogP contribution in [-0.4, -0.2) is 9.97 Å². The molecule has 4 N–H and O–H groups in total. The molecular formula is C9H10N4OS. The number of nitrogen functional groups attached to an aromatic ring is 1. The number of pyridine rings is 1. The van der Waals surface area contributed by atoms with Crippen molar-refractivity contribution in [3.05, 3.63) is 39.2 Å². The first-order valence-corrected chi connectivity index (χ1v) is 5.24.